The average Bonchev–Trinajstić information content (AvgIpc) is 3.57. The van der Waals surface area contributed by atoms with Crippen molar-refractivity contribution in [3.8, 4) is 5.19 Å². The van der Waals surface area contributed by atoms with Crippen LogP contribution >= 0.6 is 11.3 Å². The topological polar surface area (TPSA) is 147 Å². The number of sulfonamides is 1. The third-order valence-electron chi connectivity index (χ3n) is 10.4. The molecule has 1 unspecified atom stereocenters. The van der Waals surface area contributed by atoms with Gasteiger partial charge in [-0.3, -0.25) is 19.1 Å². The zero-order valence-corrected chi connectivity index (χ0v) is 29.2. The first-order valence-corrected chi connectivity index (χ1v) is 19.8. The SMILES string of the molecule is O=C1N[C@]2(C(=O)NS(=O)(=O)C3CC3)CCC(CCCCCC[C@H](Nc3cccc(F)c3)C(=O)N3C[C@H](Oc4nc5ccc(F)cc5s4)C[C@@H]13)C2. The lowest BCUT2D eigenvalue weighted by Crippen LogP contribution is -2.62. The van der Waals surface area contributed by atoms with E-state index in [1.54, 1.807) is 18.2 Å². The van der Waals surface area contributed by atoms with E-state index in [2.05, 4.69) is 20.3 Å². The number of carbonyl (C=O) groups is 3. The maximum absolute atomic E-state index is 14.4. The van der Waals surface area contributed by atoms with E-state index in [-0.39, 0.29) is 36.4 Å². The van der Waals surface area contributed by atoms with Gasteiger partial charge in [0.25, 0.3) is 11.1 Å². The van der Waals surface area contributed by atoms with Crippen molar-refractivity contribution < 1.29 is 36.3 Å². The Morgan fingerprint density at radius 1 is 1.00 bits per heavy atom. The van der Waals surface area contributed by atoms with Crippen molar-refractivity contribution >= 4 is 55.0 Å². The second kappa shape index (κ2) is 14.0. The minimum absolute atomic E-state index is 0.0282. The Bertz CT molecular complexity index is 1890. The minimum Gasteiger partial charge on any atom is -0.465 e. The zero-order valence-electron chi connectivity index (χ0n) is 27.5. The molecule has 2 aliphatic heterocycles. The summed E-state index contributed by atoms with van der Waals surface area (Å²) in [7, 11) is -3.87. The van der Waals surface area contributed by atoms with E-state index in [4.69, 9.17) is 4.74 Å². The van der Waals surface area contributed by atoms with Crippen LogP contribution in [0.1, 0.15) is 77.0 Å². The molecule has 3 N–H and O–H groups in total. The highest BCUT2D eigenvalue weighted by molar-refractivity contribution is 7.91. The highest BCUT2D eigenvalue weighted by Crippen LogP contribution is 2.40. The molecule has 2 saturated heterocycles. The van der Waals surface area contributed by atoms with Crippen molar-refractivity contribution in [3.05, 3.63) is 54.1 Å². The van der Waals surface area contributed by atoms with E-state index >= 15 is 0 Å². The highest BCUT2D eigenvalue weighted by Gasteiger charge is 2.51. The first-order chi connectivity index (χ1) is 24.0. The minimum atomic E-state index is -3.87. The molecule has 2 bridgehead atoms. The van der Waals surface area contributed by atoms with E-state index in [1.807, 2.05) is 0 Å². The number of amides is 3. The van der Waals surface area contributed by atoms with Gasteiger partial charge in [-0.2, -0.15) is 0 Å². The molecule has 268 valence electrons. The quantitative estimate of drug-likeness (QED) is 0.308. The van der Waals surface area contributed by atoms with E-state index in [1.165, 1.54) is 29.2 Å². The van der Waals surface area contributed by atoms with E-state index in [0.29, 0.717) is 48.0 Å². The number of anilines is 1. The summed E-state index contributed by atoms with van der Waals surface area (Å²) in [6.45, 7) is 0.0282. The molecule has 3 amide bonds. The first kappa shape index (κ1) is 34.6. The number of halogens is 2. The van der Waals surface area contributed by atoms with Crippen LogP contribution in [0.5, 0.6) is 5.19 Å². The second-order valence-electron chi connectivity index (χ2n) is 14.1. The third kappa shape index (κ3) is 7.58. The average molecular weight is 730 g/mol. The number of nitrogens with zero attached hydrogens (tertiary/aromatic N) is 2. The zero-order chi connectivity index (χ0) is 35.0. The molecule has 3 heterocycles. The molecule has 11 nitrogen and oxygen atoms in total. The normalized spacial score (nSPS) is 28.0. The fourth-order valence-electron chi connectivity index (χ4n) is 7.60. The van der Waals surface area contributed by atoms with E-state index in [9.17, 15) is 31.6 Å². The van der Waals surface area contributed by atoms with Gasteiger partial charge >= 0.3 is 0 Å². The molecule has 0 spiro atoms. The molecular weight excluding hydrogens is 689 g/mol. The standard InChI is InChI=1S/C35H41F2N5O6S2/c36-22-7-5-8-24(16-22)38-28-9-4-2-1-3-6-21-14-15-35(19-21,33(45)41-50(46,47)26-11-12-26)40-31(43)29-18-25(20-42(29)32(28)44)48-34-39-27-13-10-23(37)17-30(27)49-34/h5,7-8,10,13,16-17,21,25-26,28-29,38H,1-4,6,9,11-12,14-15,18-20H2,(H,40,43)(H,41,45)/t21?,25-,28+,29+,35-/m1/s1. The summed E-state index contributed by atoms with van der Waals surface area (Å²) < 4.78 is 62.8. The number of thiazole rings is 1. The van der Waals surface area contributed by atoms with Crippen LogP contribution in [0, 0.1) is 17.6 Å². The number of aromatic nitrogens is 1. The van der Waals surface area contributed by atoms with Gasteiger partial charge in [-0.05, 0) is 80.8 Å². The van der Waals surface area contributed by atoms with Crippen molar-refractivity contribution in [1.29, 1.82) is 0 Å². The van der Waals surface area contributed by atoms with Crippen LogP contribution in [0.15, 0.2) is 42.5 Å². The Morgan fingerprint density at radius 3 is 2.56 bits per heavy atom. The van der Waals surface area contributed by atoms with Crippen molar-refractivity contribution in [2.75, 3.05) is 11.9 Å². The van der Waals surface area contributed by atoms with Crippen LogP contribution < -0.4 is 20.1 Å². The molecule has 15 heteroatoms. The summed E-state index contributed by atoms with van der Waals surface area (Å²) >= 11 is 1.15. The van der Waals surface area contributed by atoms with Crippen molar-refractivity contribution in [2.45, 2.75) is 106 Å². The van der Waals surface area contributed by atoms with Gasteiger partial charge in [-0.1, -0.05) is 49.5 Å². The molecule has 7 rings (SSSR count). The summed E-state index contributed by atoms with van der Waals surface area (Å²) in [5.41, 5.74) is -0.466. The fraction of sp³-hybridized carbons (Fsp3) is 0.543. The van der Waals surface area contributed by atoms with Gasteiger partial charge in [-0.25, -0.2) is 22.2 Å². The molecule has 0 radical (unpaired) electrons. The Balaban J connectivity index is 1.19. The van der Waals surface area contributed by atoms with Crippen LogP contribution in [0.3, 0.4) is 0 Å². The van der Waals surface area contributed by atoms with Gasteiger partial charge in [0.1, 0.15) is 35.4 Å². The number of fused-ring (bicyclic) bond motifs is 4. The number of benzene rings is 2. The molecule has 50 heavy (non-hydrogen) atoms. The summed E-state index contributed by atoms with van der Waals surface area (Å²) in [4.78, 5) is 48.5. The Morgan fingerprint density at radius 2 is 1.78 bits per heavy atom. The number of rotatable bonds is 7. The maximum Gasteiger partial charge on any atom is 0.274 e. The van der Waals surface area contributed by atoms with Gasteiger partial charge in [-0.15, -0.1) is 0 Å². The molecule has 5 atom stereocenters. The lowest BCUT2D eigenvalue weighted by molar-refractivity contribution is -0.141. The fourth-order valence-corrected chi connectivity index (χ4v) is 9.88. The number of carbonyl (C=O) groups excluding carboxylic acids is 3. The van der Waals surface area contributed by atoms with E-state index < -0.39 is 62.4 Å². The predicted octanol–water partition coefficient (Wildman–Crippen LogP) is 5.02. The van der Waals surface area contributed by atoms with Crippen molar-refractivity contribution in [1.82, 2.24) is 19.9 Å². The summed E-state index contributed by atoms with van der Waals surface area (Å²) in [5.74, 6) is -2.42. The lowest BCUT2D eigenvalue weighted by Gasteiger charge is -2.33. The molecule has 1 aromatic heterocycles. The number of nitrogens with one attached hydrogen (secondary N) is 3. The van der Waals surface area contributed by atoms with Gasteiger partial charge in [0.15, 0.2) is 0 Å². The first-order valence-electron chi connectivity index (χ1n) is 17.4. The molecule has 4 aliphatic rings. The van der Waals surface area contributed by atoms with Gasteiger partial charge in [0.2, 0.25) is 21.8 Å². The van der Waals surface area contributed by atoms with Crippen LogP contribution in [-0.4, -0.2) is 71.5 Å². The van der Waals surface area contributed by atoms with Crippen molar-refractivity contribution in [3.63, 3.8) is 0 Å². The highest BCUT2D eigenvalue weighted by atomic mass is 32.2. The maximum atomic E-state index is 14.4. The second-order valence-corrected chi connectivity index (χ2v) is 17.1. The monoisotopic (exact) mass is 729 g/mol. The molecule has 2 saturated carbocycles. The number of ether oxygens (including phenoxy) is 1. The van der Waals surface area contributed by atoms with Gasteiger partial charge in [0, 0.05) is 12.1 Å². The number of hydrogen-bond donors (Lipinski definition) is 3. The van der Waals surface area contributed by atoms with Crippen molar-refractivity contribution in [2.24, 2.45) is 5.92 Å². The van der Waals surface area contributed by atoms with Gasteiger partial charge in [0.05, 0.1) is 22.0 Å². The van der Waals surface area contributed by atoms with Crippen LogP contribution in [-0.2, 0) is 24.4 Å². The smallest absolute Gasteiger partial charge is 0.274 e. The molecule has 2 aromatic carbocycles. The summed E-state index contributed by atoms with van der Waals surface area (Å²) in [5, 5.41) is 5.81. The van der Waals surface area contributed by atoms with Crippen LogP contribution in [0.25, 0.3) is 10.2 Å². The largest absolute Gasteiger partial charge is 0.465 e. The predicted molar refractivity (Wildman–Crippen MR) is 184 cm³/mol. The number of hydrogen-bond acceptors (Lipinski definition) is 9. The molecule has 2 aliphatic carbocycles. The molecule has 3 aromatic rings. The molecular formula is C35H41F2N5O6S2. The Hall–Kier alpha value is -3.85. The molecule has 4 fully saturated rings. The van der Waals surface area contributed by atoms with Crippen LogP contribution in [0.4, 0.5) is 14.5 Å². The van der Waals surface area contributed by atoms with Crippen LogP contribution in [0.2, 0.25) is 0 Å². The summed E-state index contributed by atoms with van der Waals surface area (Å²) in [6.07, 6.45) is 6.31. The Labute approximate surface area is 293 Å². The van der Waals surface area contributed by atoms with Gasteiger partial charge < -0.3 is 20.3 Å². The Kier molecular flexibility index (Phi) is 9.72. The third-order valence-corrected chi connectivity index (χ3v) is 13.1. The lowest BCUT2D eigenvalue weighted by atomic mass is 9.92. The summed E-state index contributed by atoms with van der Waals surface area (Å²) in [6, 6.07) is 8.25. The van der Waals surface area contributed by atoms with E-state index in [0.717, 1.165) is 43.4 Å².